The number of nitrogens with zero attached hydrogens (tertiary/aromatic N) is 5. The van der Waals surface area contributed by atoms with Crippen molar-refractivity contribution in [1.82, 2.24) is 24.9 Å². The fourth-order valence-electron chi connectivity index (χ4n) is 4.61. The predicted molar refractivity (Wildman–Crippen MR) is 110 cm³/mol. The van der Waals surface area contributed by atoms with Gasteiger partial charge in [-0.1, -0.05) is 17.7 Å². The lowest BCUT2D eigenvalue weighted by Gasteiger charge is -2.50. The SMILES string of the molecule is O=C(c1cccc(F)c1-n1nccn1)N1CC2CCC1C(Nc1ccc(Cl)cn1)C2. The van der Waals surface area contributed by atoms with E-state index in [0.717, 1.165) is 29.9 Å². The molecule has 3 atom stereocenters. The smallest absolute Gasteiger partial charge is 0.256 e. The lowest BCUT2D eigenvalue weighted by atomic mass is 9.76. The number of rotatable bonds is 4. The number of piperidine rings is 2. The molecule has 4 heterocycles. The predicted octanol–water partition coefficient (Wildman–Crippen LogP) is 3.56. The van der Waals surface area contributed by atoms with Crippen LogP contribution in [0.25, 0.3) is 5.69 Å². The lowest BCUT2D eigenvalue weighted by molar-refractivity contribution is 0.0281. The van der Waals surface area contributed by atoms with Gasteiger partial charge in [-0.15, -0.1) is 4.80 Å². The molecule has 1 amide bonds. The van der Waals surface area contributed by atoms with Crippen LogP contribution in [0.15, 0.2) is 48.9 Å². The lowest BCUT2D eigenvalue weighted by Crippen LogP contribution is -2.59. The Bertz CT molecular complexity index is 1060. The summed E-state index contributed by atoms with van der Waals surface area (Å²) in [6.07, 6.45) is 7.47. The molecule has 3 aliphatic rings. The number of fused-ring (bicyclic) bond motifs is 3. The van der Waals surface area contributed by atoms with E-state index in [2.05, 4.69) is 20.5 Å². The Morgan fingerprint density at radius 2 is 2.00 bits per heavy atom. The number of benzene rings is 1. The molecule has 2 aromatic heterocycles. The molecular weight excluding hydrogens is 407 g/mol. The number of amides is 1. The minimum atomic E-state index is -0.528. The largest absolute Gasteiger partial charge is 0.365 e. The monoisotopic (exact) mass is 426 g/mol. The van der Waals surface area contributed by atoms with Gasteiger partial charge in [-0.2, -0.15) is 10.2 Å². The van der Waals surface area contributed by atoms with Crippen molar-refractivity contribution in [3.8, 4) is 5.69 Å². The fraction of sp³-hybridized carbons (Fsp3) is 0.333. The van der Waals surface area contributed by atoms with Gasteiger partial charge >= 0.3 is 0 Å². The normalized spacial score (nSPS) is 22.9. The maximum absolute atomic E-state index is 14.6. The highest BCUT2D eigenvalue weighted by atomic mass is 35.5. The average molecular weight is 427 g/mol. The molecule has 3 fully saturated rings. The van der Waals surface area contributed by atoms with Crippen LogP contribution in [0, 0.1) is 11.7 Å². The molecule has 2 saturated heterocycles. The molecule has 154 valence electrons. The van der Waals surface area contributed by atoms with Crippen molar-refractivity contribution in [2.24, 2.45) is 5.92 Å². The molecule has 6 rings (SSSR count). The third-order valence-corrected chi connectivity index (χ3v) is 6.16. The second-order valence-electron chi connectivity index (χ2n) is 7.77. The van der Waals surface area contributed by atoms with Gasteiger partial charge < -0.3 is 10.2 Å². The van der Waals surface area contributed by atoms with Crippen molar-refractivity contribution < 1.29 is 9.18 Å². The number of carbonyl (C=O) groups excluding carboxylic acids is 1. The number of aromatic nitrogens is 4. The number of nitrogens with one attached hydrogen (secondary N) is 1. The van der Waals surface area contributed by atoms with Crippen molar-refractivity contribution in [2.75, 3.05) is 11.9 Å². The second kappa shape index (κ2) is 7.68. The van der Waals surface area contributed by atoms with Crippen molar-refractivity contribution in [2.45, 2.75) is 31.3 Å². The summed E-state index contributed by atoms with van der Waals surface area (Å²) in [6.45, 7) is 0.665. The molecule has 9 heteroatoms. The maximum Gasteiger partial charge on any atom is 0.256 e. The first-order chi connectivity index (χ1) is 14.6. The summed E-state index contributed by atoms with van der Waals surface area (Å²) < 4.78 is 14.6. The molecule has 30 heavy (non-hydrogen) atoms. The Morgan fingerprint density at radius 3 is 2.73 bits per heavy atom. The van der Waals surface area contributed by atoms with E-state index in [0.29, 0.717) is 17.5 Å². The van der Waals surface area contributed by atoms with Gasteiger partial charge in [0.2, 0.25) is 0 Å². The molecule has 3 unspecified atom stereocenters. The van der Waals surface area contributed by atoms with Crippen LogP contribution in [0.2, 0.25) is 5.02 Å². The Morgan fingerprint density at radius 1 is 1.17 bits per heavy atom. The highest BCUT2D eigenvalue weighted by molar-refractivity contribution is 6.30. The topological polar surface area (TPSA) is 75.9 Å². The van der Waals surface area contributed by atoms with Crippen LogP contribution in [0.4, 0.5) is 10.2 Å². The van der Waals surface area contributed by atoms with Gasteiger partial charge in [0.15, 0.2) is 5.82 Å². The van der Waals surface area contributed by atoms with Crippen LogP contribution in [-0.2, 0) is 0 Å². The van der Waals surface area contributed by atoms with Gasteiger partial charge in [0.05, 0.1) is 29.0 Å². The highest BCUT2D eigenvalue weighted by Gasteiger charge is 2.43. The van der Waals surface area contributed by atoms with Gasteiger partial charge in [0.1, 0.15) is 11.5 Å². The van der Waals surface area contributed by atoms with E-state index in [9.17, 15) is 9.18 Å². The number of carbonyl (C=O) groups is 1. The molecule has 7 nitrogen and oxygen atoms in total. The number of halogens is 2. The van der Waals surface area contributed by atoms with Crippen LogP contribution >= 0.6 is 11.6 Å². The highest BCUT2D eigenvalue weighted by Crippen LogP contribution is 2.38. The van der Waals surface area contributed by atoms with E-state index in [1.54, 1.807) is 24.4 Å². The molecule has 1 aromatic carbocycles. The molecule has 1 aliphatic carbocycles. The first kappa shape index (κ1) is 19.0. The number of hydrogen-bond acceptors (Lipinski definition) is 5. The van der Waals surface area contributed by atoms with E-state index in [1.807, 2.05) is 11.0 Å². The molecular formula is C21H20ClFN6O. The van der Waals surface area contributed by atoms with E-state index in [4.69, 9.17) is 11.6 Å². The van der Waals surface area contributed by atoms with Crippen LogP contribution in [-0.4, -0.2) is 49.4 Å². The Hall–Kier alpha value is -3.00. The molecule has 2 bridgehead atoms. The van der Waals surface area contributed by atoms with Crippen molar-refractivity contribution in [3.05, 3.63) is 65.3 Å². The zero-order valence-corrected chi connectivity index (χ0v) is 16.8. The number of hydrogen-bond donors (Lipinski definition) is 1. The zero-order chi connectivity index (χ0) is 20.7. The summed E-state index contributed by atoms with van der Waals surface area (Å²) in [5, 5.41) is 12.1. The van der Waals surface area contributed by atoms with Crippen molar-refractivity contribution in [3.63, 3.8) is 0 Å². The van der Waals surface area contributed by atoms with Gasteiger partial charge in [-0.3, -0.25) is 4.79 Å². The Labute approximate surface area is 177 Å². The summed E-state index contributed by atoms with van der Waals surface area (Å²) in [6, 6.07) is 8.20. The van der Waals surface area contributed by atoms with Gasteiger partial charge in [0.25, 0.3) is 5.91 Å². The van der Waals surface area contributed by atoms with Gasteiger partial charge in [-0.25, -0.2) is 9.37 Å². The first-order valence-corrected chi connectivity index (χ1v) is 10.3. The van der Waals surface area contributed by atoms with Crippen LogP contribution in [0.5, 0.6) is 0 Å². The minimum absolute atomic E-state index is 0.00155. The van der Waals surface area contributed by atoms with E-state index < -0.39 is 5.82 Å². The zero-order valence-electron chi connectivity index (χ0n) is 16.1. The summed E-state index contributed by atoms with van der Waals surface area (Å²) in [5.74, 6) is 0.395. The molecule has 0 spiro atoms. The standard InChI is InChI=1S/C21H20ClFN6O/c22-14-5-7-19(24-11-14)27-17-10-13-4-6-18(17)28(12-13)21(30)15-2-1-3-16(23)20(15)29-25-8-9-26-29/h1-3,5,7-9,11,13,17-18H,4,6,10,12H2,(H,24,27). The third kappa shape index (κ3) is 3.41. The van der Waals surface area contributed by atoms with Crippen LogP contribution < -0.4 is 5.32 Å². The van der Waals surface area contributed by atoms with Gasteiger partial charge in [0, 0.05) is 18.8 Å². The minimum Gasteiger partial charge on any atom is -0.365 e. The number of pyridine rings is 1. The van der Waals surface area contributed by atoms with E-state index in [-0.39, 0.29) is 29.2 Å². The molecule has 2 aliphatic heterocycles. The maximum atomic E-state index is 14.6. The fourth-order valence-corrected chi connectivity index (χ4v) is 4.72. The summed E-state index contributed by atoms with van der Waals surface area (Å²) in [5.41, 5.74) is 0.347. The summed E-state index contributed by atoms with van der Waals surface area (Å²) >= 11 is 5.93. The molecule has 1 saturated carbocycles. The third-order valence-electron chi connectivity index (χ3n) is 5.94. The Kier molecular flexibility index (Phi) is 4.86. The van der Waals surface area contributed by atoms with Crippen molar-refractivity contribution >= 4 is 23.3 Å². The van der Waals surface area contributed by atoms with E-state index in [1.165, 1.54) is 18.5 Å². The second-order valence-corrected chi connectivity index (χ2v) is 8.21. The molecule has 0 radical (unpaired) electrons. The van der Waals surface area contributed by atoms with Crippen molar-refractivity contribution in [1.29, 1.82) is 0 Å². The quantitative estimate of drug-likeness (QED) is 0.690. The van der Waals surface area contributed by atoms with Crippen LogP contribution in [0.3, 0.4) is 0 Å². The molecule has 1 N–H and O–H groups in total. The van der Waals surface area contributed by atoms with E-state index >= 15 is 0 Å². The number of para-hydroxylation sites is 1. The van der Waals surface area contributed by atoms with Gasteiger partial charge in [-0.05, 0) is 49.4 Å². The average Bonchev–Trinajstić information content (AvgIpc) is 3.29. The summed E-state index contributed by atoms with van der Waals surface area (Å²) in [7, 11) is 0. The summed E-state index contributed by atoms with van der Waals surface area (Å²) in [4.78, 5) is 20.9. The van der Waals surface area contributed by atoms with Crippen LogP contribution in [0.1, 0.15) is 29.6 Å². The number of anilines is 1. The molecule has 3 aromatic rings. The first-order valence-electron chi connectivity index (χ1n) is 9.94. The Balaban J connectivity index is 1.44.